The van der Waals surface area contributed by atoms with E-state index in [0.29, 0.717) is 12.8 Å². The van der Waals surface area contributed by atoms with Crippen molar-refractivity contribution in [1.29, 1.82) is 0 Å². The maximum absolute atomic E-state index is 11.4. The predicted octanol–water partition coefficient (Wildman–Crippen LogP) is -2.20. The van der Waals surface area contributed by atoms with Gasteiger partial charge in [-0.05, 0) is 26.3 Å². The molecule has 0 aromatic rings. The molecule has 0 bridgehead atoms. The normalized spacial score (nSPS) is 43.2. The van der Waals surface area contributed by atoms with Gasteiger partial charge in [-0.1, -0.05) is 0 Å². The van der Waals surface area contributed by atoms with E-state index in [4.69, 9.17) is 0 Å². The molecular formula is C10H20NO7P. The third-order valence-electron chi connectivity index (χ3n) is 4.37. The van der Waals surface area contributed by atoms with Crippen molar-refractivity contribution in [3.05, 3.63) is 0 Å². The van der Waals surface area contributed by atoms with E-state index in [1.807, 2.05) is 0 Å². The molecule has 1 saturated heterocycles. The lowest BCUT2D eigenvalue weighted by Crippen LogP contribution is -2.65. The number of hydrogen-bond acceptors (Lipinski definition) is 6. The van der Waals surface area contributed by atoms with Crippen molar-refractivity contribution in [3.8, 4) is 0 Å². The highest BCUT2D eigenvalue weighted by Gasteiger charge is 2.60. The number of aliphatic hydroxyl groups is 4. The van der Waals surface area contributed by atoms with Crippen LogP contribution >= 0.6 is 7.60 Å². The molecule has 1 heterocycles. The zero-order valence-corrected chi connectivity index (χ0v) is 11.4. The van der Waals surface area contributed by atoms with E-state index in [1.165, 1.54) is 11.9 Å². The van der Waals surface area contributed by atoms with Crippen LogP contribution in [0.25, 0.3) is 0 Å². The zero-order chi connectivity index (χ0) is 14.6. The summed E-state index contributed by atoms with van der Waals surface area (Å²) in [5, 5.41) is 37.7. The van der Waals surface area contributed by atoms with Gasteiger partial charge in [0.2, 0.25) is 0 Å². The van der Waals surface area contributed by atoms with Crippen molar-refractivity contribution in [2.45, 2.75) is 55.0 Å². The molecule has 0 amide bonds. The lowest BCUT2D eigenvalue weighted by atomic mass is 9.89. The third-order valence-corrected chi connectivity index (χ3v) is 6.24. The molecule has 1 aliphatic carbocycles. The minimum atomic E-state index is -4.30. The quantitative estimate of drug-likeness (QED) is 0.322. The summed E-state index contributed by atoms with van der Waals surface area (Å²) in [7, 11) is -2.86. The van der Waals surface area contributed by atoms with Crippen LogP contribution in [0.2, 0.25) is 0 Å². The van der Waals surface area contributed by atoms with Gasteiger partial charge in [0.25, 0.3) is 0 Å². The molecule has 0 radical (unpaired) electrons. The molecule has 19 heavy (non-hydrogen) atoms. The van der Waals surface area contributed by atoms with E-state index < -0.39 is 43.3 Å². The maximum atomic E-state index is 11.4. The molecular weight excluding hydrogens is 277 g/mol. The molecule has 112 valence electrons. The molecule has 0 spiro atoms. The first-order valence-corrected chi connectivity index (χ1v) is 7.72. The van der Waals surface area contributed by atoms with E-state index in [1.54, 1.807) is 0 Å². The second kappa shape index (κ2) is 4.75. The van der Waals surface area contributed by atoms with Crippen LogP contribution in [0, 0.1) is 0 Å². The largest absolute Gasteiger partial charge is 0.389 e. The van der Waals surface area contributed by atoms with Crippen molar-refractivity contribution in [2.75, 3.05) is 7.05 Å². The SMILES string of the molecule is CN1[C@H](O)[C@@H](O)[C@@H](O)[C@H](O)[C@H]1CC1(P(=O)(O)O)CC1. The second-order valence-electron chi connectivity index (χ2n) is 5.59. The van der Waals surface area contributed by atoms with Gasteiger partial charge in [-0.2, -0.15) is 0 Å². The van der Waals surface area contributed by atoms with Crippen molar-refractivity contribution >= 4 is 7.60 Å². The Labute approximate surface area is 110 Å². The number of piperidine rings is 1. The molecule has 8 nitrogen and oxygen atoms in total. The molecule has 1 aliphatic heterocycles. The molecule has 6 N–H and O–H groups in total. The van der Waals surface area contributed by atoms with Crippen molar-refractivity contribution in [1.82, 2.24) is 4.90 Å². The maximum Gasteiger partial charge on any atom is 0.331 e. The Morgan fingerprint density at radius 2 is 1.63 bits per heavy atom. The Morgan fingerprint density at radius 3 is 2.05 bits per heavy atom. The summed E-state index contributed by atoms with van der Waals surface area (Å²) in [6.07, 6.45) is -5.13. The zero-order valence-electron chi connectivity index (χ0n) is 10.5. The Morgan fingerprint density at radius 1 is 1.11 bits per heavy atom. The number of likely N-dealkylation sites (N-methyl/N-ethyl adjacent to an activating group) is 1. The number of likely N-dealkylation sites (tertiary alicyclic amines) is 1. The molecule has 0 aromatic carbocycles. The Hall–Kier alpha value is -0.0500. The predicted molar refractivity (Wildman–Crippen MR) is 64.2 cm³/mol. The van der Waals surface area contributed by atoms with Gasteiger partial charge in [0, 0.05) is 6.04 Å². The summed E-state index contributed by atoms with van der Waals surface area (Å²) < 4.78 is 11.4. The van der Waals surface area contributed by atoms with E-state index in [0.717, 1.165) is 0 Å². The average Bonchev–Trinajstić information content (AvgIpc) is 3.10. The van der Waals surface area contributed by atoms with Crippen LogP contribution in [0.1, 0.15) is 19.3 Å². The molecule has 5 atom stereocenters. The van der Waals surface area contributed by atoms with Gasteiger partial charge in [-0.25, -0.2) is 0 Å². The summed E-state index contributed by atoms with van der Waals surface area (Å²) in [4.78, 5) is 19.9. The Bertz CT molecular complexity index is 379. The van der Waals surface area contributed by atoms with Crippen LogP contribution in [0.4, 0.5) is 0 Å². The number of rotatable bonds is 3. The molecule has 2 rings (SSSR count). The fourth-order valence-corrected chi connectivity index (χ4v) is 3.82. The standard InChI is InChI=1S/C10H20NO7P/c1-11-5(4-10(2-3-10)19(16,17)18)6(12)7(13)8(14)9(11)15/h5-9,12-15H,2-4H2,1H3,(H2,16,17,18)/t5-,6-,7+,8+,9-/m1/s1. The molecule has 0 unspecified atom stereocenters. The van der Waals surface area contributed by atoms with Crippen LogP contribution in [0.3, 0.4) is 0 Å². The first-order chi connectivity index (χ1) is 8.61. The van der Waals surface area contributed by atoms with E-state index >= 15 is 0 Å². The van der Waals surface area contributed by atoms with Crippen LogP contribution < -0.4 is 0 Å². The van der Waals surface area contributed by atoms with Crippen LogP contribution in [0.15, 0.2) is 0 Å². The number of aliphatic hydroxyl groups excluding tert-OH is 4. The van der Waals surface area contributed by atoms with Crippen LogP contribution in [0.5, 0.6) is 0 Å². The van der Waals surface area contributed by atoms with Gasteiger partial charge in [0.15, 0.2) is 0 Å². The fraction of sp³-hybridized carbons (Fsp3) is 1.00. The minimum absolute atomic E-state index is 0.0320. The Kier molecular flexibility index (Phi) is 3.84. The first-order valence-electron chi connectivity index (χ1n) is 6.10. The van der Waals surface area contributed by atoms with Gasteiger partial charge >= 0.3 is 7.60 Å². The monoisotopic (exact) mass is 297 g/mol. The minimum Gasteiger partial charge on any atom is -0.389 e. The third kappa shape index (κ3) is 2.48. The summed E-state index contributed by atoms with van der Waals surface area (Å²) in [5.74, 6) is 0. The van der Waals surface area contributed by atoms with Gasteiger partial charge in [-0.3, -0.25) is 9.46 Å². The highest BCUT2D eigenvalue weighted by atomic mass is 31.2. The summed E-state index contributed by atoms with van der Waals surface area (Å²) in [6, 6.07) is -0.816. The second-order valence-corrected chi connectivity index (χ2v) is 7.63. The van der Waals surface area contributed by atoms with Gasteiger partial charge in [0.1, 0.15) is 18.4 Å². The van der Waals surface area contributed by atoms with Crippen LogP contribution in [-0.2, 0) is 4.57 Å². The van der Waals surface area contributed by atoms with Gasteiger partial charge < -0.3 is 30.2 Å². The Balaban J connectivity index is 2.18. The lowest BCUT2D eigenvalue weighted by molar-refractivity contribution is -0.211. The number of hydrogen-bond donors (Lipinski definition) is 6. The van der Waals surface area contributed by atoms with Gasteiger partial charge in [0.05, 0.1) is 11.3 Å². The summed E-state index contributed by atoms with van der Waals surface area (Å²) in [5.41, 5.74) is 0. The molecule has 2 aliphatic rings. The highest BCUT2D eigenvalue weighted by molar-refractivity contribution is 7.54. The molecule has 2 fully saturated rings. The van der Waals surface area contributed by atoms with E-state index in [2.05, 4.69) is 0 Å². The molecule has 1 saturated carbocycles. The topological polar surface area (TPSA) is 142 Å². The molecule has 0 aromatic heterocycles. The van der Waals surface area contributed by atoms with Crippen molar-refractivity contribution < 1.29 is 34.8 Å². The fourth-order valence-electron chi connectivity index (χ4n) is 2.70. The summed E-state index contributed by atoms with van der Waals surface area (Å²) in [6.45, 7) is 0. The summed E-state index contributed by atoms with van der Waals surface area (Å²) >= 11 is 0. The number of nitrogens with zero attached hydrogens (tertiary/aromatic N) is 1. The first kappa shape index (κ1) is 15.3. The molecule has 9 heteroatoms. The van der Waals surface area contributed by atoms with Crippen molar-refractivity contribution in [3.63, 3.8) is 0 Å². The smallest absolute Gasteiger partial charge is 0.331 e. The van der Waals surface area contributed by atoms with E-state index in [-0.39, 0.29) is 6.42 Å². The van der Waals surface area contributed by atoms with Crippen LogP contribution in [-0.4, -0.2) is 77.9 Å². The van der Waals surface area contributed by atoms with E-state index in [9.17, 15) is 34.8 Å². The highest BCUT2D eigenvalue weighted by Crippen LogP contribution is 2.67. The lowest BCUT2D eigenvalue weighted by Gasteiger charge is -2.46. The van der Waals surface area contributed by atoms with Crippen molar-refractivity contribution in [2.24, 2.45) is 0 Å². The average molecular weight is 297 g/mol. The van der Waals surface area contributed by atoms with Gasteiger partial charge in [-0.15, -0.1) is 0 Å².